The van der Waals surface area contributed by atoms with E-state index in [-0.39, 0.29) is 0 Å². The van der Waals surface area contributed by atoms with E-state index in [9.17, 15) is 5.11 Å². The number of nitrogens with zero attached hydrogens (tertiary/aromatic N) is 4. The van der Waals surface area contributed by atoms with Crippen LogP contribution in [-0.4, -0.2) is 24.9 Å². The van der Waals surface area contributed by atoms with Gasteiger partial charge in [-0.25, -0.2) is 9.97 Å². The van der Waals surface area contributed by atoms with Crippen LogP contribution in [-0.2, 0) is 19.9 Å². The van der Waals surface area contributed by atoms with Gasteiger partial charge in [0.15, 0.2) is 5.82 Å². The van der Waals surface area contributed by atoms with Gasteiger partial charge in [-0.05, 0) is 28.4 Å². The lowest BCUT2D eigenvalue weighted by Gasteiger charge is -2.09. The van der Waals surface area contributed by atoms with E-state index in [0.29, 0.717) is 12.2 Å². The van der Waals surface area contributed by atoms with Crippen LogP contribution in [0.2, 0.25) is 0 Å². The Balaban J connectivity index is 2.22. The van der Waals surface area contributed by atoms with Gasteiger partial charge in [0.2, 0.25) is 0 Å². The molecular weight excluding hydrogens is 296 g/mol. The molecule has 2 rings (SSSR count). The lowest BCUT2D eigenvalue weighted by atomic mass is 10.1. The van der Waals surface area contributed by atoms with E-state index in [1.807, 2.05) is 14.0 Å². The molecule has 0 saturated carbocycles. The summed E-state index contributed by atoms with van der Waals surface area (Å²) in [7, 11) is 1.87. The second kappa shape index (κ2) is 5.58. The van der Waals surface area contributed by atoms with E-state index in [1.165, 1.54) is 0 Å². The number of hydrogen-bond donors (Lipinski definition) is 1. The fourth-order valence-electron chi connectivity index (χ4n) is 1.80. The fourth-order valence-corrected chi connectivity index (χ4v) is 2.58. The first-order valence-electron chi connectivity index (χ1n) is 5.78. The predicted molar refractivity (Wildman–Crippen MR) is 71.0 cm³/mol. The summed E-state index contributed by atoms with van der Waals surface area (Å²) < 4.78 is 2.75. The molecule has 0 amide bonds. The van der Waals surface area contributed by atoms with Gasteiger partial charge in [0, 0.05) is 25.9 Å². The van der Waals surface area contributed by atoms with Crippen LogP contribution < -0.4 is 0 Å². The third kappa shape index (κ3) is 2.59. The van der Waals surface area contributed by atoms with E-state index >= 15 is 0 Å². The summed E-state index contributed by atoms with van der Waals surface area (Å²) in [6, 6.07) is 1.73. The van der Waals surface area contributed by atoms with E-state index in [4.69, 9.17) is 0 Å². The quantitative estimate of drug-likeness (QED) is 0.935. The van der Waals surface area contributed by atoms with Gasteiger partial charge in [-0.3, -0.25) is 4.68 Å². The van der Waals surface area contributed by atoms with Crippen LogP contribution in [0.4, 0.5) is 0 Å². The number of aromatic nitrogens is 4. The maximum atomic E-state index is 10.1. The summed E-state index contributed by atoms with van der Waals surface area (Å²) in [6.07, 6.45) is 3.82. The Morgan fingerprint density at radius 3 is 2.61 bits per heavy atom. The zero-order chi connectivity index (χ0) is 13.1. The van der Waals surface area contributed by atoms with Crippen LogP contribution in [0.5, 0.6) is 0 Å². The summed E-state index contributed by atoms with van der Waals surface area (Å²) in [5.41, 5.74) is 1.94. The van der Waals surface area contributed by atoms with Gasteiger partial charge in [0.1, 0.15) is 6.10 Å². The molecule has 5 nitrogen and oxygen atoms in total. The normalized spacial score (nSPS) is 12.7. The zero-order valence-electron chi connectivity index (χ0n) is 10.3. The highest BCUT2D eigenvalue weighted by Crippen LogP contribution is 2.25. The van der Waals surface area contributed by atoms with Crippen molar-refractivity contribution in [3.05, 3.63) is 40.1 Å². The zero-order valence-corrected chi connectivity index (χ0v) is 11.9. The predicted octanol–water partition coefficient (Wildman–Crippen LogP) is 1.81. The average molecular weight is 311 g/mol. The molecule has 0 fully saturated rings. The van der Waals surface area contributed by atoms with Crippen molar-refractivity contribution < 1.29 is 5.11 Å². The summed E-state index contributed by atoms with van der Waals surface area (Å²) >= 11 is 3.53. The molecule has 96 valence electrons. The summed E-state index contributed by atoms with van der Waals surface area (Å²) in [6.45, 7) is 2.05. The molecule has 0 spiro atoms. The van der Waals surface area contributed by atoms with Crippen molar-refractivity contribution in [1.29, 1.82) is 0 Å². The van der Waals surface area contributed by atoms with Crippen molar-refractivity contribution in [2.75, 3.05) is 0 Å². The summed E-state index contributed by atoms with van der Waals surface area (Å²) in [5, 5.41) is 14.5. The lowest BCUT2D eigenvalue weighted by Crippen LogP contribution is -2.09. The smallest absolute Gasteiger partial charge is 0.157 e. The molecule has 0 aromatic carbocycles. The van der Waals surface area contributed by atoms with Crippen LogP contribution in [0.3, 0.4) is 0 Å². The van der Waals surface area contributed by atoms with E-state index in [1.54, 1.807) is 23.1 Å². The van der Waals surface area contributed by atoms with Crippen molar-refractivity contribution in [2.45, 2.75) is 25.9 Å². The number of aliphatic hydroxyl groups excluding tert-OH is 1. The minimum absolute atomic E-state index is 0.434. The monoisotopic (exact) mass is 310 g/mol. The molecule has 18 heavy (non-hydrogen) atoms. The first kappa shape index (κ1) is 13.2. The molecule has 2 heterocycles. The molecule has 2 aromatic rings. The van der Waals surface area contributed by atoms with Crippen LogP contribution in [0.25, 0.3) is 0 Å². The molecule has 6 heteroatoms. The Kier molecular flexibility index (Phi) is 4.08. The van der Waals surface area contributed by atoms with E-state index in [0.717, 1.165) is 22.3 Å². The molecule has 1 atom stereocenters. The number of aryl methyl sites for hydroxylation is 2. The van der Waals surface area contributed by atoms with Crippen molar-refractivity contribution in [3.63, 3.8) is 0 Å². The first-order valence-corrected chi connectivity index (χ1v) is 6.58. The highest BCUT2D eigenvalue weighted by atomic mass is 79.9. The van der Waals surface area contributed by atoms with Crippen molar-refractivity contribution in [2.24, 2.45) is 7.05 Å². The molecule has 0 bridgehead atoms. The average Bonchev–Trinajstić information content (AvgIpc) is 2.67. The van der Waals surface area contributed by atoms with E-state index < -0.39 is 6.10 Å². The van der Waals surface area contributed by atoms with Gasteiger partial charge in [0.25, 0.3) is 0 Å². The number of hydrogen-bond acceptors (Lipinski definition) is 4. The number of rotatable bonds is 4. The van der Waals surface area contributed by atoms with Crippen molar-refractivity contribution >= 4 is 15.9 Å². The van der Waals surface area contributed by atoms with Gasteiger partial charge in [-0.1, -0.05) is 6.92 Å². The van der Waals surface area contributed by atoms with Crippen LogP contribution in [0, 0.1) is 0 Å². The molecule has 0 aliphatic carbocycles. The topological polar surface area (TPSA) is 63.8 Å². The highest BCUT2D eigenvalue weighted by molar-refractivity contribution is 9.10. The second-order valence-corrected chi connectivity index (χ2v) is 4.80. The van der Waals surface area contributed by atoms with Crippen LogP contribution >= 0.6 is 15.9 Å². The molecule has 1 unspecified atom stereocenters. The minimum Gasteiger partial charge on any atom is -0.385 e. The van der Waals surface area contributed by atoms with Gasteiger partial charge in [-0.15, -0.1) is 0 Å². The Hall–Kier alpha value is -1.27. The molecule has 0 aliphatic heterocycles. The fraction of sp³-hybridized carbons (Fsp3) is 0.417. The first-order chi connectivity index (χ1) is 8.63. The van der Waals surface area contributed by atoms with Gasteiger partial charge in [0.05, 0.1) is 15.9 Å². The Morgan fingerprint density at radius 1 is 1.39 bits per heavy atom. The number of halogens is 1. The molecular formula is C12H15BrN4O. The summed E-state index contributed by atoms with van der Waals surface area (Å²) in [5.74, 6) is 0.434. The van der Waals surface area contributed by atoms with Crippen LogP contribution in [0.15, 0.2) is 22.9 Å². The standard InChI is InChI=1S/C12H15BrN4O/c1-3-8-11(13)9(17(2)16-8)7-10(18)12-14-5-4-6-15-12/h4-6,10,18H,3,7H2,1-2H3. The maximum absolute atomic E-state index is 10.1. The maximum Gasteiger partial charge on any atom is 0.157 e. The third-order valence-corrected chi connectivity index (χ3v) is 3.69. The lowest BCUT2D eigenvalue weighted by molar-refractivity contribution is 0.165. The highest BCUT2D eigenvalue weighted by Gasteiger charge is 2.18. The molecule has 1 N–H and O–H groups in total. The number of aliphatic hydroxyl groups is 1. The second-order valence-electron chi connectivity index (χ2n) is 4.01. The van der Waals surface area contributed by atoms with Crippen molar-refractivity contribution in [1.82, 2.24) is 19.7 Å². The molecule has 0 radical (unpaired) electrons. The SMILES string of the molecule is CCc1nn(C)c(CC(O)c2ncccn2)c1Br. The van der Waals surface area contributed by atoms with Crippen LogP contribution in [0.1, 0.15) is 30.2 Å². The Morgan fingerprint density at radius 2 is 2.06 bits per heavy atom. The van der Waals surface area contributed by atoms with E-state index in [2.05, 4.69) is 31.0 Å². The van der Waals surface area contributed by atoms with Gasteiger partial charge < -0.3 is 5.11 Å². The summed E-state index contributed by atoms with van der Waals surface area (Å²) in [4.78, 5) is 8.11. The molecule has 0 saturated heterocycles. The van der Waals surface area contributed by atoms with Crippen molar-refractivity contribution in [3.8, 4) is 0 Å². The van der Waals surface area contributed by atoms with Gasteiger partial charge >= 0.3 is 0 Å². The molecule has 0 aliphatic rings. The Bertz CT molecular complexity index is 526. The van der Waals surface area contributed by atoms with Gasteiger partial charge in [-0.2, -0.15) is 5.10 Å². The third-order valence-electron chi connectivity index (χ3n) is 2.77. The minimum atomic E-state index is -0.720. The Labute approximate surface area is 114 Å². The largest absolute Gasteiger partial charge is 0.385 e. The molecule has 2 aromatic heterocycles.